The van der Waals surface area contributed by atoms with Crippen molar-refractivity contribution < 1.29 is 14.1 Å². The lowest BCUT2D eigenvalue weighted by atomic mass is 10.1. The molecule has 29 heavy (non-hydrogen) atoms. The second-order valence-electron chi connectivity index (χ2n) is 8.01. The van der Waals surface area contributed by atoms with Gasteiger partial charge in [-0.3, -0.25) is 9.69 Å². The number of rotatable bonds is 3. The Bertz CT molecular complexity index is 1050. The highest BCUT2D eigenvalue weighted by Gasteiger charge is 2.38. The zero-order valence-corrected chi connectivity index (χ0v) is 16.6. The SMILES string of the molecule is Cc1cc(C(=O)N[C@@H]2C[C@H]3CO[C@@H](c4ccccc4)CN3C2)c2c(C)noc2n1. The third kappa shape index (κ3) is 3.41. The summed E-state index contributed by atoms with van der Waals surface area (Å²) < 4.78 is 11.4. The predicted molar refractivity (Wildman–Crippen MR) is 108 cm³/mol. The molecule has 2 aliphatic rings. The standard InChI is InChI=1S/C22H24N4O3/c1-13-8-18(20-14(2)25-29-22(20)23-13)21(27)24-16-9-17-12-28-19(11-26(17)10-16)15-6-4-3-5-7-15/h3-8,16-17,19H,9-12H2,1-2H3,(H,24,27)/t16-,17+,19-/m1/s1. The van der Waals surface area contributed by atoms with E-state index in [-0.39, 0.29) is 18.1 Å². The number of nitrogens with one attached hydrogen (secondary N) is 1. The number of hydrogen-bond acceptors (Lipinski definition) is 6. The molecule has 1 aromatic carbocycles. The maximum Gasteiger partial charge on any atom is 0.258 e. The summed E-state index contributed by atoms with van der Waals surface area (Å²) in [5, 5.41) is 7.87. The van der Waals surface area contributed by atoms with Crippen molar-refractivity contribution in [3.05, 3.63) is 58.9 Å². The fourth-order valence-corrected chi connectivity index (χ4v) is 4.51. The van der Waals surface area contributed by atoms with Crippen molar-refractivity contribution in [3.63, 3.8) is 0 Å². The van der Waals surface area contributed by atoms with E-state index in [4.69, 9.17) is 9.26 Å². The number of carbonyl (C=O) groups excluding carboxylic acids is 1. The molecular weight excluding hydrogens is 368 g/mol. The predicted octanol–water partition coefficient (Wildman–Crippen LogP) is 2.78. The van der Waals surface area contributed by atoms with Crippen molar-refractivity contribution in [2.24, 2.45) is 0 Å². The average Bonchev–Trinajstić information content (AvgIpc) is 3.30. The smallest absolute Gasteiger partial charge is 0.258 e. The Kier molecular flexibility index (Phi) is 4.56. The number of aryl methyl sites for hydroxylation is 2. The molecule has 0 saturated carbocycles. The molecule has 3 atom stereocenters. The number of fused-ring (bicyclic) bond motifs is 2. The molecule has 5 rings (SSSR count). The van der Waals surface area contributed by atoms with Crippen molar-refractivity contribution in [1.82, 2.24) is 20.4 Å². The van der Waals surface area contributed by atoms with Crippen LogP contribution in [0.25, 0.3) is 11.1 Å². The molecule has 2 aliphatic heterocycles. The van der Waals surface area contributed by atoms with Crippen LogP contribution in [-0.4, -0.2) is 52.7 Å². The zero-order valence-electron chi connectivity index (χ0n) is 16.6. The van der Waals surface area contributed by atoms with Crippen molar-refractivity contribution in [2.45, 2.75) is 38.5 Å². The molecule has 0 aliphatic carbocycles. The Morgan fingerprint density at radius 2 is 2.03 bits per heavy atom. The summed E-state index contributed by atoms with van der Waals surface area (Å²) in [6, 6.07) is 12.6. The van der Waals surface area contributed by atoms with Gasteiger partial charge < -0.3 is 14.6 Å². The Morgan fingerprint density at radius 3 is 2.86 bits per heavy atom. The van der Waals surface area contributed by atoms with Crippen LogP contribution in [0.3, 0.4) is 0 Å². The molecule has 0 unspecified atom stereocenters. The van der Waals surface area contributed by atoms with E-state index in [9.17, 15) is 4.79 Å². The lowest BCUT2D eigenvalue weighted by Crippen LogP contribution is -2.43. The molecule has 2 aromatic heterocycles. The van der Waals surface area contributed by atoms with E-state index in [0.717, 1.165) is 25.2 Å². The number of benzene rings is 1. The molecular formula is C22H24N4O3. The number of aromatic nitrogens is 2. The minimum atomic E-state index is -0.0998. The molecule has 3 aromatic rings. The van der Waals surface area contributed by atoms with Crippen LogP contribution in [0.4, 0.5) is 0 Å². The van der Waals surface area contributed by atoms with E-state index in [1.807, 2.05) is 32.0 Å². The van der Waals surface area contributed by atoms with Gasteiger partial charge in [0, 0.05) is 30.9 Å². The summed E-state index contributed by atoms with van der Waals surface area (Å²) in [5.74, 6) is -0.0998. The third-order valence-corrected chi connectivity index (χ3v) is 5.91. The number of pyridine rings is 1. The van der Waals surface area contributed by atoms with Gasteiger partial charge in [0.25, 0.3) is 11.6 Å². The minimum absolute atomic E-state index is 0.0871. The van der Waals surface area contributed by atoms with Gasteiger partial charge in [0.15, 0.2) is 0 Å². The summed E-state index contributed by atoms with van der Waals surface area (Å²) in [6.07, 6.45) is 0.979. The summed E-state index contributed by atoms with van der Waals surface area (Å²) in [6.45, 7) is 6.06. The first-order chi connectivity index (χ1) is 14.1. The first-order valence-corrected chi connectivity index (χ1v) is 10.0. The topological polar surface area (TPSA) is 80.5 Å². The minimum Gasteiger partial charge on any atom is -0.371 e. The van der Waals surface area contributed by atoms with Crippen LogP contribution in [0.15, 0.2) is 40.9 Å². The maximum absolute atomic E-state index is 13.1. The van der Waals surface area contributed by atoms with Crippen LogP contribution in [0.2, 0.25) is 0 Å². The highest BCUT2D eigenvalue weighted by atomic mass is 16.5. The highest BCUT2D eigenvalue weighted by molar-refractivity contribution is 6.06. The largest absolute Gasteiger partial charge is 0.371 e. The van der Waals surface area contributed by atoms with Crippen LogP contribution in [0, 0.1) is 13.8 Å². The van der Waals surface area contributed by atoms with Gasteiger partial charge in [-0.25, -0.2) is 4.98 Å². The Hall–Kier alpha value is -2.77. The summed E-state index contributed by atoms with van der Waals surface area (Å²) in [4.78, 5) is 19.8. The van der Waals surface area contributed by atoms with Gasteiger partial charge in [-0.2, -0.15) is 0 Å². The zero-order chi connectivity index (χ0) is 20.0. The van der Waals surface area contributed by atoms with Gasteiger partial charge in [0.1, 0.15) is 0 Å². The van der Waals surface area contributed by atoms with E-state index >= 15 is 0 Å². The van der Waals surface area contributed by atoms with Crippen LogP contribution in [-0.2, 0) is 4.74 Å². The normalized spacial score (nSPS) is 24.6. The van der Waals surface area contributed by atoms with Crippen molar-refractivity contribution in [1.29, 1.82) is 0 Å². The fraction of sp³-hybridized carbons (Fsp3) is 0.409. The van der Waals surface area contributed by atoms with Gasteiger partial charge >= 0.3 is 0 Å². The van der Waals surface area contributed by atoms with Crippen molar-refractivity contribution in [3.8, 4) is 0 Å². The van der Waals surface area contributed by atoms with E-state index in [2.05, 4.69) is 32.5 Å². The number of ether oxygens (including phenoxy) is 1. The van der Waals surface area contributed by atoms with E-state index in [1.54, 1.807) is 6.07 Å². The number of morpholine rings is 1. The molecule has 2 saturated heterocycles. The van der Waals surface area contributed by atoms with Crippen LogP contribution in [0.5, 0.6) is 0 Å². The maximum atomic E-state index is 13.1. The second kappa shape index (κ2) is 7.24. The first kappa shape index (κ1) is 18.3. The van der Waals surface area contributed by atoms with E-state index in [0.29, 0.717) is 35.0 Å². The summed E-state index contributed by atoms with van der Waals surface area (Å²) >= 11 is 0. The molecule has 0 bridgehead atoms. The van der Waals surface area contributed by atoms with Crippen molar-refractivity contribution in [2.75, 3.05) is 19.7 Å². The van der Waals surface area contributed by atoms with Crippen molar-refractivity contribution >= 4 is 17.0 Å². The Morgan fingerprint density at radius 1 is 1.21 bits per heavy atom. The first-order valence-electron chi connectivity index (χ1n) is 10.0. The molecule has 4 heterocycles. The van der Waals surface area contributed by atoms with Gasteiger partial charge in [0.2, 0.25) is 0 Å². The van der Waals surface area contributed by atoms with Gasteiger partial charge in [0.05, 0.1) is 29.4 Å². The fourth-order valence-electron chi connectivity index (χ4n) is 4.51. The molecule has 0 radical (unpaired) electrons. The Labute approximate surface area is 169 Å². The molecule has 1 N–H and O–H groups in total. The monoisotopic (exact) mass is 392 g/mol. The highest BCUT2D eigenvalue weighted by Crippen LogP contribution is 2.30. The number of nitrogens with zero attached hydrogens (tertiary/aromatic N) is 3. The Balaban J connectivity index is 1.29. The molecule has 1 amide bonds. The number of hydrogen-bond donors (Lipinski definition) is 1. The average molecular weight is 392 g/mol. The van der Waals surface area contributed by atoms with Crippen LogP contribution < -0.4 is 5.32 Å². The van der Waals surface area contributed by atoms with Gasteiger partial charge in [-0.05, 0) is 31.9 Å². The lowest BCUT2D eigenvalue weighted by Gasteiger charge is -2.35. The quantitative estimate of drug-likeness (QED) is 0.738. The van der Waals surface area contributed by atoms with E-state index in [1.165, 1.54) is 5.56 Å². The van der Waals surface area contributed by atoms with Crippen LogP contribution in [0.1, 0.15) is 39.8 Å². The molecule has 7 heteroatoms. The number of amides is 1. The second-order valence-corrected chi connectivity index (χ2v) is 8.01. The van der Waals surface area contributed by atoms with Gasteiger partial charge in [-0.1, -0.05) is 35.5 Å². The molecule has 0 spiro atoms. The van der Waals surface area contributed by atoms with Crippen LogP contribution >= 0.6 is 0 Å². The molecule has 2 fully saturated rings. The summed E-state index contributed by atoms with van der Waals surface area (Å²) in [5.41, 5.74) is 3.61. The van der Waals surface area contributed by atoms with Gasteiger partial charge in [-0.15, -0.1) is 0 Å². The van der Waals surface area contributed by atoms with E-state index < -0.39 is 0 Å². The molecule has 7 nitrogen and oxygen atoms in total. The molecule has 150 valence electrons. The lowest BCUT2D eigenvalue weighted by molar-refractivity contribution is -0.0502. The number of carbonyl (C=O) groups is 1. The third-order valence-electron chi connectivity index (χ3n) is 5.91. The summed E-state index contributed by atoms with van der Waals surface area (Å²) in [7, 11) is 0.